The van der Waals surface area contributed by atoms with Gasteiger partial charge in [-0.3, -0.25) is 0 Å². The maximum absolute atomic E-state index is 10.4. The Kier molecular flexibility index (Phi) is 6.32. The topological polar surface area (TPSA) is 41.5 Å². The first-order valence-corrected chi connectivity index (χ1v) is 6.71. The Balaban J connectivity index is 2.20. The number of aliphatic hydroxyl groups is 1. The summed E-state index contributed by atoms with van der Waals surface area (Å²) >= 11 is 0. The van der Waals surface area contributed by atoms with Crippen molar-refractivity contribution in [2.45, 2.75) is 51.6 Å². The summed E-state index contributed by atoms with van der Waals surface area (Å²) in [5, 5.41) is 13.8. The van der Waals surface area contributed by atoms with E-state index >= 15 is 0 Å². The summed E-state index contributed by atoms with van der Waals surface area (Å²) in [6, 6.07) is 0. The molecule has 1 fully saturated rings. The zero-order valence-electron chi connectivity index (χ0n) is 10.8. The summed E-state index contributed by atoms with van der Waals surface area (Å²) in [7, 11) is 0. The van der Waals surface area contributed by atoms with Crippen LogP contribution < -0.4 is 5.32 Å². The molecule has 96 valence electrons. The highest BCUT2D eigenvalue weighted by atomic mass is 16.5. The lowest BCUT2D eigenvalue weighted by Gasteiger charge is -2.28. The minimum atomic E-state index is -0.497. The summed E-state index contributed by atoms with van der Waals surface area (Å²) in [4.78, 5) is 0. The first kappa shape index (κ1) is 13.9. The Morgan fingerprint density at radius 3 is 2.50 bits per heavy atom. The smallest absolute Gasteiger partial charge is 0.0771 e. The molecule has 1 saturated heterocycles. The molecule has 1 atom stereocenters. The molecule has 0 aliphatic carbocycles. The Labute approximate surface area is 99.6 Å². The predicted molar refractivity (Wildman–Crippen MR) is 66.6 cm³/mol. The molecule has 0 spiro atoms. The third-order valence-electron chi connectivity index (χ3n) is 3.34. The fourth-order valence-electron chi connectivity index (χ4n) is 2.49. The van der Waals surface area contributed by atoms with Crippen LogP contribution in [0.1, 0.15) is 46.0 Å². The second-order valence-electron chi connectivity index (χ2n) is 5.08. The van der Waals surface area contributed by atoms with Crippen LogP contribution in [-0.2, 0) is 4.74 Å². The first-order valence-electron chi connectivity index (χ1n) is 6.71. The van der Waals surface area contributed by atoms with Crippen LogP contribution in [0.3, 0.4) is 0 Å². The molecule has 3 heteroatoms. The molecular formula is C13H27NO2. The molecule has 0 radical (unpaired) electrons. The molecule has 1 heterocycles. The molecule has 0 amide bonds. The molecule has 0 aromatic carbocycles. The number of hydrogen-bond acceptors (Lipinski definition) is 3. The van der Waals surface area contributed by atoms with E-state index in [1.165, 1.54) is 0 Å². The molecule has 16 heavy (non-hydrogen) atoms. The van der Waals surface area contributed by atoms with E-state index in [2.05, 4.69) is 19.2 Å². The van der Waals surface area contributed by atoms with E-state index in [-0.39, 0.29) is 0 Å². The number of hydrogen-bond donors (Lipinski definition) is 2. The number of nitrogens with one attached hydrogen (secondary N) is 1. The van der Waals surface area contributed by atoms with Crippen molar-refractivity contribution < 1.29 is 9.84 Å². The first-order chi connectivity index (χ1) is 7.70. The standard InChI is InChI=1S/C13H27NO2/c1-3-6-13(15,7-4-2)11-14-9-12-5-8-16-10-12/h12,14-15H,3-11H2,1-2H3. The van der Waals surface area contributed by atoms with Gasteiger partial charge in [0.15, 0.2) is 0 Å². The Hall–Kier alpha value is -0.120. The predicted octanol–water partition coefficient (Wildman–Crippen LogP) is 1.94. The van der Waals surface area contributed by atoms with Crippen LogP contribution in [0.2, 0.25) is 0 Å². The van der Waals surface area contributed by atoms with E-state index in [9.17, 15) is 5.11 Å². The minimum Gasteiger partial charge on any atom is -0.389 e. The Morgan fingerprint density at radius 2 is 2.00 bits per heavy atom. The summed E-state index contributed by atoms with van der Waals surface area (Å²) in [6.07, 6.45) is 5.05. The maximum atomic E-state index is 10.4. The molecule has 3 nitrogen and oxygen atoms in total. The summed E-state index contributed by atoms with van der Waals surface area (Å²) in [6.45, 7) is 7.76. The van der Waals surface area contributed by atoms with E-state index in [0.717, 1.165) is 58.4 Å². The van der Waals surface area contributed by atoms with Gasteiger partial charge in [0.05, 0.1) is 12.2 Å². The van der Waals surface area contributed by atoms with Crippen LogP contribution in [0, 0.1) is 5.92 Å². The highest BCUT2D eigenvalue weighted by Crippen LogP contribution is 2.19. The van der Waals surface area contributed by atoms with Gasteiger partial charge in [-0.1, -0.05) is 26.7 Å². The third-order valence-corrected chi connectivity index (χ3v) is 3.34. The van der Waals surface area contributed by atoms with E-state index in [1.807, 2.05) is 0 Å². The van der Waals surface area contributed by atoms with Crippen LogP contribution in [0.25, 0.3) is 0 Å². The lowest BCUT2D eigenvalue weighted by atomic mass is 9.92. The van der Waals surface area contributed by atoms with Gasteiger partial charge < -0.3 is 15.2 Å². The molecule has 2 N–H and O–H groups in total. The minimum absolute atomic E-state index is 0.497. The van der Waals surface area contributed by atoms with E-state index in [1.54, 1.807) is 0 Å². The SMILES string of the molecule is CCCC(O)(CCC)CNCC1CCOC1. The normalized spacial score (nSPS) is 21.6. The number of ether oxygens (including phenoxy) is 1. The van der Waals surface area contributed by atoms with Crippen LogP contribution in [0.5, 0.6) is 0 Å². The quantitative estimate of drug-likeness (QED) is 0.668. The monoisotopic (exact) mass is 229 g/mol. The lowest BCUT2D eigenvalue weighted by Crippen LogP contribution is -2.42. The molecule has 0 bridgehead atoms. The molecule has 1 aliphatic heterocycles. The molecule has 0 saturated carbocycles. The van der Waals surface area contributed by atoms with Crippen molar-refractivity contribution in [1.29, 1.82) is 0 Å². The molecule has 0 aromatic rings. The molecular weight excluding hydrogens is 202 g/mol. The van der Waals surface area contributed by atoms with Gasteiger partial charge in [-0.15, -0.1) is 0 Å². The maximum Gasteiger partial charge on any atom is 0.0771 e. The van der Waals surface area contributed by atoms with Gasteiger partial charge in [-0.25, -0.2) is 0 Å². The average Bonchev–Trinajstić information content (AvgIpc) is 2.71. The molecule has 1 unspecified atom stereocenters. The number of rotatable bonds is 8. The van der Waals surface area contributed by atoms with Crippen molar-refractivity contribution in [3.05, 3.63) is 0 Å². The second kappa shape index (κ2) is 7.25. The fraction of sp³-hybridized carbons (Fsp3) is 1.00. The fourth-order valence-corrected chi connectivity index (χ4v) is 2.49. The molecule has 0 aromatic heterocycles. The van der Waals surface area contributed by atoms with Gasteiger partial charge >= 0.3 is 0 Å². The van der Waals surface area contributed by atoms with Crippen LogP contribution in [0.4, 0.5) is 0 Å². The van der Waals surface area contributed by atoms with Crippen LogP contribution >= 0.6 is 0 Å². The zero-order chi connectivity index (χ0) is 11.9. The molecule has 1 rings (SSSR count). The van der Waals surface area contributed by atoms with Crippen molar-refractivity contribution >= 4 is 0 Å². The van der Waals surface area contributed by atoms with Crippen LogP contribution in [0.15, 0.2) is 0 Å². The summed E-state index contributed by atoms with van der Waals surface area (Å²) in [5.41, 5.74) is -0.497. The van der Waals surface area contributed by atoms with Gasteiger partial charge in [0.25, 0.3) is 0 Å². The highest BCUT2D eigenvalue weighted by molar-refractivity contribution is 4.81. The van der Waals surface area contributed by atoms with Crippen molar-refractivity contribution in [2.24, 2.45) is 5.92 Å². The zero-order valence-corrected chi connectivity index (χ0v) is 10.8. The lowest BCUT2D eigenvalue weighted by molar-refractivity contribution is 0.0209. The van der Waals surface area contributed by atoms with Crippen molar-refractivity contribution in [1.82, 2.24) is 5.32 Å². The summed E-state index contributed by atoms with van der Waals surface area (Å²) < 4.78 is 5.33. The van der Waals surface area contributed by atoms with Gasteiger partial charge in [-0.2, -0.15) is 0 Å². The van der Waals surface area contributed by atoms with E-state index in [0.29, 0.717) is 5.92 Å². The molecule has 1 aliphatic rings. The van der Waals surface area contributed by atoms with E-state index in [4.69, 9.17) is 4.74 Å². The van der Waals surface area contributed by atoms with Crippen molar-refractivity contribution in [2.75, 3.05) is 26.3 Å². The van der Waals surface area contributed by atoms with Crippen molar-refractivity contribution in [3.63, 3.8) is 0 Å². The Morgan fingerprint density at radius 1 is 1.31 bits per heavy atom. The van der Waals surface area contributed by atoms with Crippen molar-refractivity contribution in [3.8, 4) is 0 Å². The third kappa shape index (κ3) is 4.81. The van der Waals surface area contributed by atoms with Gasteiger partial charge in [0.2, 0.25) is 0 Å². The van der Waals surface area contributed by atoms with Crippen LogP contribution in [-0.4, -0.2) is 37.0 Å². The largest absolute Gasteiger partial charge is 0.389 e. The van der Waals surface area contributed by atoms with E-state index < -0.39 is 5.60 Å². The van der Waals surface area contributed by atoms with Gasteiger partial charge in [-0.05, 0) is 25.2 Å². The highest BCUT2D eigenvalue weighted by Gasteiger charge is 2.25. The van der Waals surface area contributed by atoms with Gasteiger partial charge in [0, 0.05) is 19.7 Å². The Bertz CT molecular complexity index is 173. The second-order valence-corrected chi connectivity index (χ2v) is 5.08. The average molecular weight is 229 g/mol. The summed E-state index contributed by atoms with van der Waals surface area (Å²) in [5.74, 6) is 0.646. The van der Waals surface area contributed by atoms with Gasteiger partial charge in [0.1, 0.15) is 0 Å².